The van der Waals surface area contributed by atoms with Crippen LogP contribution in [-0.4, -0.2) is 83.7 Å². The minimum absolute atomic E-state index is 0.000351. The Kier molecular flexibility index (Phi) is 8.02. The molecule has 0 aromatic rings. The number of allylic oxidation sites excluding steroid dienone is 2. The average molecular weight is 445 g/mol. The number of rotatable bonds is 6. The quantitative estimate of drug-likeness (QED) is 0.390. The molecule has 0 spiro atoms. The van der Waals surface area contributed by atoms with Gasteiger partial charge >= 0.3 is 0 Å². The molecular formula is C22H40N2O7. The summed E-state index contributed by atoms with van der Waals surface area (Å²) in [5.41, 5.74) is 5.08. The van der Waals surface area contributed by atoms with Gasteiger partial charge in [0, 0.05) is 18.4 Å². The summed E-state index contributed by atoms with van der Waals surface area (Å²) in [7, 11) is 1.65. The third-order valence-corrected chi connectivity index (χ3v) is 6.82. The normalized spacial score (nSPS) is 48.7. The maximum absolute atomic E-state index is 11.1. The van der Waals surface area contributed by atoms with Crippen LogP contribution in [0.2, 0.25) is 0 Å². The summed E-state index contributed by atoms with van der Waals surface area (Å²) in [6, 6.07) is -1.10. The molecule has 2 fully saturated rings. The molecule has 0 bridgehead atoms. The van der Waals surface area contributed by atoms with Gasteiger partial charge in [0.1, 0.15) is 23.9 Å². The fourth-order valence-electron chi connectivity index (χ4n) is 4.88. The molecule has 0 radical (unpaired) electrons. The summed E-state index contributed by atoms with van der Waals surface area (Å²) in [5.74, 6) is 1.06. The van der Waals surface area contributed by atoms with E-state index in [0.717, 1.165) is 18.6 Å². The van der Waals surface area contributed by atoms with Crippen LogP contribution in [0.15, 0.2) is 11.8 Å². The Morgan fingerprint density at radius 1 is 1.16 bits per heavy atom. The molecule has 9 heteroatoms. The Bertz CT molecular complexity index is 631. The van der Waals surface area contributed by atoms with Crippen molar-refractivity contribution in [2.24, 2.45) is 17.6 Å². The van der Waals surface area contributed by atoms with Gasteiger partial charge in [0.15, 0.2) is 6.29 Å². The smallest absolute Gasteiger partial charge is 0.202 e. The first-order chi connectivity index (χ1) is 14.6. The highest BCUT2D eigenvalue weighted by Crippen LogP contribution is 2.35. The molecule has 6 N–H and O–H groups in total. The zero-order chi connectivity index (χ0) is 22.9. The first-order valence-electron chi connectivity index (χ1n) is 11.4. The van der Waals surface area contributed by atoms with Gasteiger partial charge in [0.05, 0.1) is 24.5 Å². The van der Waals surface area contributed by atoms with Crippen molar-refractivity contribution < 1.29 is 34.3 Å². The highest BCUT2D eigenvalue weighted by Gasteiger charge is 2.50. The molecule has 2 aliphatic heterocycles. The Morgan fingerprint density at radius 3 is 2.48 bits per heavy atom. The average Bonchev–Trinajstić information content (AvgIpc) is 2.71. The van der Waals surface area contributed by atoms with E-state index in [1.807, 2.05) is 13.8 Å². The number of ether oxygens (including phenoxy) is 4. The summed E-state index contributed by atoms with van der Waals surface area (Å²) < 4.78 is 23.8. The highest BCUT2D eigenvalue weighted by molar-refractivity contribution is 5.01. The lowest BCUT2D eigenvalue weighted by molar-refractivity contribution is -0.306. The van der Waals surface area contributed by atoms with E-state index in [4.69, 9.17) is 24.7 Å². The summed E-state index contributed by atoms with van der Waals surface area (Å²) in [6.07, 6.45) is -0.630. The van der Waals surface area contributed by atoms with Crippen LogP contribution in [0, 0.1) is 11.8 Å². The predicted octanol–water partition coefficient (Wildman–Crippen LogP) is 0.217. The summed E-state index contributed by atoms with van der Waals surface area (Å²) in [6.45, 7) is 7.65. The monoisotopic (exact) mass is 444 g/mol. The molecule has 1 saturated carbocycles. The topological polar surface area (TPSA) is 136 Å². The molecule has 2 heterocycles. The van der Waals surface area contributed by atoms with E-state index >= 15 is 0 Å². The molecule has 1 saturated heterocycles. The van der Waals surface area contributed by atoms with Crippen molar-refractivity contribution in [3.63, 3.8) is 0 Å². The van der Waals surface area contributed by atoms with E-state index in [0.29, 0.717) is 6.42 Å². The zero-order valence-corrected chi connectivity index (χ0v) is 19.2. The van der Waals surface area contributed by atoms with Gasteiger partial charge in [-0.15, -0.1) is 0 Å². The zero-order valence-electron chi connectivity index (χ0n) is 19.2. The van der Waals surface area contributed by atoms with Gasteiger partial charge < -0.3 is 45.3 Å². The van der Waals surface area contributed by atoms with Gasteiger partial charge in [0.25, 0.3) is 0 Å². The van der Waals surface area contributed by atoms with Crippen LogP contribution < -0.4 is 11.1 Å². The first-order valence-corrected chi connectivity index (χ1v) is 11.4. The van der Waals surface area contributed by atoms with Gasteiger partial charge in [-0.1, -0.05) is 20.8 Å². The van der Waals surface area contributed by atoms with Crippen molar-refractivity contribution in [1.29, 1.82) is 0 Å². The van der Waals surface area contributed by atoms with Crippen molar-refractivity contribution in [2.45, 2.75) is 102 Å². The fourth-order valence-corrected chi connectivity index (χ4v) is 4.88. The Labute approximate surface area is 184 Å². The Hall–Kier alpha value is -0.780. The van der Waals surface area contributed by atoms with Crippen LogP contribution >= 0.6 is 0 Å². The summed E-state index contributed by atoms with van der Waals surface area (Å²) in [5, 5.41) is 35.2. The molecule has 31 heavy (non-hydrogen) atoms. The molecule has 0 aromatic heterocycles. The maximum Gasteiger partial charge on any atom is 0.202 e. The second-order valence-corrected chi connectivity index (χ2v) is 9.59. The van der Waals surface area contributed by atoms with Crippen LogP contribution in [0.1, 0.15) is 47.0 Å². The third-order valence-electron chi connectivity index (χ3n) is 6.82. The van der Waals surface area contributed by atoms with Gasteiger partial charge in [-0.25, -0.2) is 0 Å². The molecule has 0 aromatic carbocycles. The molecule has 3 rings (SSSR count). The van der Waals surface area contributed by atoms with Crippen molar-refractivity contribution in [3.05, 3.63) is 11.8 Å². The molecule has 3 aliphatic rings. The predicted molar refractivity (Wildman–Crippen MR) is 114 cm³/mol. The SMILES string of the molecule is CCC1=CC[C@@H](C)[C@@H](O[C@H]2[C@H](O)[C@@H](O[C@H]3OC[C@](C)(O)[C@H](NC)[C@H]3O)[C@H](N)C[C@@H]2C)O1. The van der Waals surface area contributed by atoms with Crippen molar-refractivity contribution in [2.75, 3.05) is 13.7 Å². The standard InChI is InChI=1S/C22H40N2O7/c1-6-13-8-7-11(2)20(29-13)30-17-12(3)9-14(23)18(15(17)25)31-21-16(26)19(24-5)22(4,27)10-28-21/h8,11-12,14-21,24-27H,6-7,9-10,23H2,1-5H3/t11-,12+,14-,15+,16-,17-,18+,19-,20-,21-,22+/m1/s1. The maximum atomic E-state index is 11.1. The van der Waals surface area contributed by atoms with Crippen molar-refractivity contribution >= 4 is 0 Å². The van der Waals surface area contributed by atoms with E-state index < -0.39 is 54.7 Å². The Balaban J connectivity index is 1.69. The van der Waals surface area contributed by atoms with Crippen molar-refractivity contribution in [3.8, 4) is 0 Å². The summed E-state index contributed by atoms with van der Waals surface area (Å²) in [4.78, 5) is 0. The first kappa shape index (κ1) is 24.9. The molecular weight excluding hydrogens is 404 g/mol. The van der Waals surface area contributed by atoms with Gasteiger partial charge in [-0.05, 0) is 38.8 Å². The fraction of sp³-hybridized carbons (Fsp3) is 0.909. The van der Waals surface area contributed by atoms with Crippen molar-refractivity contribution in [1.82, 2.24) is 5.32 Å². The second kappa shape index (κ2) is 10.0. The molecule has 1 aliphatic carbocycles. The van der Waals surface area contributed by atoms with E-state index in [2.05, 4.69) is 18.3 Å². The lowest BCUT2D eigenvalue weighted by atomic mass is 9.80. The largest absolute Gasteiger partial charge is 0.469 e. The van der Waals surface area contributed by atoms with Crippen LogP contribution in [-0.2, 0) is 18.9 Å². The van der Waals surface area contributed by atoms with Gasteiger partial charge in [-0.2, -0.15) is 0 Å². The number of hydrogen-bond donors (Lipinski definition) is 5. The van der Waals surface area contributed by atoms with Crippen LogP contribution in [0.3, 0.4) is 0 Å². The van der Waals surface area contributed by atoms with Gasteiger partial charge in [-0.3, -0.25) is 0 Å². The summed E-state index contributed by atoms with van der Waals surface area (Å²) >= 11 is 0. The Morgan fingerprint density at radius 2 is 1.84 bits per heavy atom. The lowest BCUT2D eigenvalue weighted by Gasteiger charge is -2.48. The number of nitrogens with one attached hydrogen (secondary N) is 1. The van der Waals surface area contributed by atoms with E-state index in [1.54, 1.807) is 14.0 Å². The third kappa shape index (κ3) is 5.25. The van der Waals surface area contributed by atoms with Gasteiger partial charge in [0.2, 0.25) is 6.29 Å². The number of hydrogen-bond acceptors (Lipinski definition) is 9. The number of aliphatic hydroxyl groups is 3. The number of likely N-dealkylation sites (N-methyl/N-ethyl adjacent to an activating group) is 1. The second-order valence-electron chi connectivity index (χ2n) is 9.59. The lowest BCUT2D eigenvalue weighted by Crippen LogP contribution is -2.67. The molecule has 11 atom stereocenters. The van der Waals surface area contributed by atoms with E-state index in [9.17, 15) is 15.3 Å². The minimum atomic E-state index is -1.25. The van der Waals surface area contributed by atoms with Crippen LogP contribution in [0.5, 0.6) is 0 Å². The van der Waals surface area contributed by atoms with E-state index in [-0.39, 0.29) is 18.4 Å². The molecule has 180 valence electrons. The molecule has 0 amide bonds. The van der Waals surface area contributed by atoms with E-state index in [1.165, 1.54) is 0 Å². The van der Waals surface area contributed by atoms with Crippen LogP contribution in [0.4, 0.5) is 0 Å². The van der Waals surface area contributed by atoms with Crippen LogP contribution in [0.25, 0.3) is 0 Å². The number of aliphatic hydroxyl groups excluding tert-OH is 2. The highest BCUT2D eigenvalue weighted by atomic mass is 16.7. The molecule has 9 nitrogen and oxygen atoms in total. The molecule has 0 unspecified atom stereocenters. The number of nitrogens with two attached hydrogens (primary N) is 1. The minimum Gasteiger partial charge on any atom is -0.469 e.